The van der Waals surface area contributed by atoms with Crippen molar-refractivity contribution in [3.63, 3.8) is 0 Å². The summed E-state index contributed by atoms with van der Waals surface area (Å²) >= 11 is 0. The molecule has 1 saturated heterocycles. The van der Waals surface area contributed by atoms with E-state index in [1.807, 2.05) is 0 Å². The van der Waals surface area contributed by atoms with Crippen LogP contribution in [0.15, 0.2) is 0 Å². The normalized spacial score (nSPS) is 29.9. The summed E-state index contributed by atoms with van der Waals surface area (Å²) in [6.45, 7) is 5.81. The van der Waals surface area contributed by atoms with Crippen molar-refractivity contribution in [1.29, 1.82) is 0 Å². The van der Waals surface area contributed by atoms with Crippen molar-refractivity contribution in [2.75, 3.05) is 46.6 Å². The molecule has 0 aromatic carbocycles. The van der Waals surface area contributed by atoms with Gasteiger partial charge in [-0.15, -0.1) is 0 Å². The van der Waals surface area contributed by atoms with E-state index in [9.17, 15) is 0 Å². The number of nitrogens with one attached hydrogen (secondary N) is 1. The third-order valence-corrected chi connectivity index (χ3v) is 5.59. The molecule has 3 aliphatic rings. The molecule has 122 valence electrons. The van der Waals surface area contributed by atoms with Gasteiger partial charge < -0.3 is 14.8 Å². The molecular formula is C17H32N2O2. The van der Waals surface area contributed by atoms with Crippen LogP contribution in [0.5, 0.6) is 0 Å². The van der Waals surface area contributed by atoms with Crippen molar-refractivity contribution >= 4 is 0 Å². The summed E-state index contributed by atoms with van der Waals surface area (Å²) in [6, 6.07) is 0.753. The standard InChI is InChI=1S/C17H32N2O2/c1-20-11-12-21-10-9-19-14-17(7-3-2-4-8-17)18-13-16(19)15-5-6-15/h15-16,18H,2-14H2,1H3. The molecule has 0 amide bonds. The second kappa shape index (κ2) is 7.40. The van der Waals surface area contributed by atoms with Crippen LogP contribution in [0.1, 0.15) is 44.9 Å². The first kappa shape index (κ1) is 15.7. The number of piperazine rings is 1. The number of nitrogens with zero attached hydrogens (tertiary/aromatic N) is 1. The highest BCUT2D eigenvalue weighted by molar-refractivity contribution is 5.03. The fraction of sp³-hybridized carbons (Fsp3) is 1.00. The Hall–Kier alpha value is -0.160. The number of rotatable bonds is 7. The Kier molecular flexibility index (Phi) is 5.54. The maximum atomic E-state index is 5.71. The average Bonchev–Trinajstić information content (AvgIpc) is 3.33. The number of ether oxygens (including phenoxy) is 2. The van der Waals surface area contributed by atoms with Gasteiger partial charge in [-0.25, -0.2) is 0 Å². The summed E-state index contributed by atoms with van der Waals surface area (Å²) in [6.07, 6.45) is 9.83. The van der Waals surface area contributed by atoms with E-state index in [1.54, 1.807) is 7.11 Å². The van der Waals surface area contributed by atoms with Crippen LogP contribution < -0.4 is 5.32 Å². The molecule has 4 nitrogen and oxygen atoms in total. The van der Waals surface area contributed by atoms with Crippen molar-refractivity contribution < 1.29 is 9.47 Å². The van der Waals surface area contributed by atoms with E-state index in [2.05, 4.69) is 10.2 Å². The first-order chi connectivity index (χ1) is 10.3. The second-order valence-electron chi connectivity index (χ2n) is 7.20. The van der Waals surface area contributed by atoms with Gasteiger partial charge in [0.05, 0.1) is 19.8 Å². The van der Waals surface area contributed by atoms with Gasteiger partial charge >= 0.3 is 0 Å². The van der Waals surface area contributed by atoms with Gasteiger partial charge in [0.1, 0.15) is 0 Å². The lowest BCUT2D eigenvalue weighted by atomic mass is 9.79. The third kappa shape index (κ3) is 4.19. The molecule has 0 bridgehead atoms. The predicted molar refractivity (Wildman–Crippen MR) is 84.6 cm³/mol. The van der Waals surface area contributed by atoms with E-state index < -0.39 is 0 Å². The maximum absolute atomic E-state index is 5.71. The largest absolute Gasteiger partial charge is 0.382 e. The smallest absolute Gasteiger partial charge is 0.0700 e. The van der Waals surface area contributed by atoms with Gasteiger partial charge in [0.25, 0.3) is 0 Å². The van der Waals surface area contributed by atoms with Crippen LogP contribution in [0.4, 0.5) is 0 Å². The average molecular weight is 296 g/mol. The van der Waals surface area contributed by atoms with Gasteiger partial charge in [0, 0.05) is 38.3 Å². The maximum Gasteiger partial charge on any atom is 0.0700 e. The predicted octanol–water partition coefficient (Wildman–Crippen LogP) is 2.04. The van der Waals surface area contributed by atoms with Gasteiger partial charge in [0.2, 0.25) is 0 Å². The Labute approximate surface area is 129 Å². The van der Waals surface area contributed by atoms with E-state index >= 15 is 0 Å². The number of hydrogen-bond acceptors (Lipinski definition) is 4. The zero-order chi connectivity index (χ0) is 14.5. The van der Waals surface area contributed by atoms with Crippen LogP contribution in [-0.4, -0.2) is 63.0 Å². The van der Waals surface area contributed by atoms with Crippen molar-refractivity contribution in [2.24, 2.45) is 5.92 Å². The summed E-state index contributed by atoms with van der Waals surface area (Å²) in [7, 11) is 1.73. The molecule has 4 heteroatoms. The molecule has 2 aliphatic carbocycles. The quantitative estimate of drug-likeness (QED) is 0.729. The molecule has 1 aliphatic heterocycles. The summed E-state index contributed by atoms with van der Waals surface area (Å²) in [5.41, 5.74) is 0.413. The highest BCUT2D eigenvalue weighted by Gasteiger charge is 2.44. The molecule has 1 heterocycles. The van der Waals surface area contributed by atoms with E-state index in [-0.39, 0.29) is 0 Å². The van der Waals surface area contributed by atoms with E-state index in [1.165, 1.54) is 58.0 Å². The molecule has 0 radical (unpaired) electrons. The topological polar surface area (TPSA) is 33.7 Å². The molecular weight excluding hydrogens is 264 g/mol. The fourth-order valence-corrected chi connectivity index (χ4v) is 4.19. The first-order valence-corrected chi connectivity index (χ1v) is 8.89. The van der Waals surface area contributed by atoms with Crippen LogP contribution in [0.25, 0.3) is 0 Å². The molecule has 1 N–H and O–H groups in total. The highest BCUT2D eigenvalue weighted by Crippen LogP contribution is 2.39. The number of methoxy groups -OCH3 is 1. The van der Waals surface area contributed by atoms with Gasteiger partial charge in [-0.2, -0.15) is 0 Å². The summed E-state index contributed by atoms with van der Waals surface area (Å²) < 4.78 is 10.8. The summed E-state index contributed by atoms with van der Waals surface area (Å²) in [4.78, 5) is 2.74. The zero-order valence-electron chi connectivity index (χ0n) is 13.6. The molecule has 2 saturated carbocycles. The highest BCUT2D eigenvalue weighted by atomic mass is 16.5. The third-order valence-electron chi connectivity index (χ3n) is 5.59. The monoisotopic (exact) mass is 296 g/mol. The fourth-order valence-electron chi connectivity index (χ4n) is 4.19. The Morgan fingerprint density at radius 2 is 1.90 bits per heavy atom. The molecule has 21 heavy (non-hydrogen) atoms. The molecule has 1 unspecified atom stereocenters. The minimum Gasteiger partial charge on any atom is -0.382 e. The van der Waals surface area contributed by atoms with Crippen molar-refractivity contribution in [2.45, 2.75) is 56.5 Å². The minimum absolute atomic E-state index is 0.413. The van der Waals surface area contributed by atoms with Gasteiger partial charge in [-0.1, -0.05) is 19.3 Å². The van der Waals surface area contributed by atoms with Crippen LogP contribution in [0, 0.1) is 5.92 Å². The van der Waals surface area contributed by atoms with Crippen LogP contribution in [0.3, 0.4) is 0 Å². The van der Waals surface area contributed by atoms with Crippen LogP contribution in [-0.2, 0) is 9.47 Å². The molecule has 1 atom stereocenters. The van der Waals surface area contributed by atoms with Gasteiger partial charge in [-0.3, -0.25) is 4.90 Å². The van der Waals surface area contributed by atoms with Crippen LogP contribution in [0.2, 0.25) is 0 Å². The Morgan fingerprint density at radius 1 is 1.10 bits per heavy atom. The van der Waals surface area contributed by atoms with E-state index in [0.717, 1.165) is 31.7 Å². The molecule has 1 spiro atoms. The van der Waals surface area contributed by atoms with E-state index in [0.29, 0.717) is 12.1 Å². The van der Waals surface area contributed by atoms with Gasteiger partial charge in [0.15, 0.2) is 0 Å². The lowest BCUT2D eigenvalue weighted by molar-refractivity contribution is 0.0107. The van der Waals surface area contributed by atoms with E-state index in [4.69, 9.17) is 9.47 Å². The first-order valence-electron chi connectivity index (χ1n) is 8.89. The zero-order valence-corrected chi connectivity index (χ0v) is 13.6. The second-order valence-corrected chi connectivity index (χ2v) is 7.20. The summed E-state index contributed by atoms with van der Waals surface area (Å²) in [5, 5.41) is 3.94. The molecule has 0 aromatic heterocycles. The Morgan fingerprint density at radius 3 is 2.62 bits per heavy atom. The van der Waals surface area contributed by atoms with Crippen LogP contribution >= 0.6 is 0 Å². The van der Waals surface area contributed by atoms with Crippen molar-refractivity contribution in [3.05, 3.63) is 0 Å². The minimum atomic E-state index is 0.413. The molecule has 3 fully saturated rings. The lowest BCUT2D eigenvalue weighted by Gasteiger charge is -2.50. The van der Waals surface area contributed by atoms with Gasteiger partial charge in [-0.05, 0) is 31.6 Å². The number of hydrogen-bond donors (Lipinski definition) is 1. The van der Waals surface area contributed by atoms with Crippen molar-refractivity contribution in [1.82, 2.24) is 10.2 Å². The SMILES string of the molecule is COCCOCCN1CC2(CCCCC2)NCC1C1CC1. The Bertz CT molecular complexity index is 314. The molecule has 3 rings (SSSR count). The Balaban J connectivity index is 1.51. The molecule has 0 aromatic rings. The summed E-state index contributed by atoms with van der Waals surface area (Å²) in [5.74, 6) is 0.942. The van der Waals surface area contributed by atoms with Crippen molar-refractivity contribution in [3.8, 4) is 0 Å². The lowest BCUT2D eigenvalue weighted by Crippen LogP contribution is -2.65.